The number of aromatic nitrogens is 1. The molecule has 1 aromatic heterocycles. The van der Waals surface area contributed by atoms with E-state index in [9.17, 15) is 4.79 Å². The molecule has 1 heterocycles. The first kappa shape index (κ1) is 10.1. The predicted molar refractivity (Wildman–Crippen MR) is 53.6 cm³/mol. The molecule has 3 nitrogen and oxygen atoms in total. The molecule has 1 rings (SSSR count). The van der Waals surface area contributed by atoms with Crippen molar-refractivity contribution < 1.29 is 4.79 Å². The topological polar surface area (TPSA) is 34.0 Å². The van der Waals surface area contributed by atoms with Gasteiger partial charge in [0.1, 0.15) is 5.38 Å². The Morgan fingerprint density at radius 3 is 2.31 bits per heavy atom. The van der Waals surface area contributed by atoms with Crippen molar-refractivity contribution in [2.75, 3.05) is 5.43 Å². The lowest BCUT2D eigenvalue weighted by Crippen LogP contribution is -2.29. The Bertz CT molecular complexity index is 298. The third kappa shape index (κ3) is 2.25. The van der Waals surface area contributed by atoms with Crippen LogP contribution in [-0.4, -0.2) is 16.0 Å². The molecule has 0 saturated carbocycles. The molecule has 1 aromatic rings. The quantitative estimate of drug-likeness (QED) is 0.726. The van der Waals surface area contributed by atoms with Gasteiger partial charge in [0.15, 0.2) is 0 Å². The number of halogens is 1. The minimum atomic E-state index is -0.513. The Morgan fingerprint density at radius 2 is 1.92 bits per heavy atom. The van der Waals surface area contributed by atoms with E-state index in [1.165, 1.54) is 0 Å². The van der Waals surface area contributed by atoms with Gasteiger partial charge in [0, 0.05) is 11.4 Å². The van der Waals surface area contributed by atoms with Crippen molar-refractivity contribution in [2.45, 2.75) is 26.1 Å². The summed E-state index contributed by atoms with van der Waals surface area (Å²) in [5.41, 5.74) is 4.68. The lowest BCUT2D eigenvalue weighted by Gasteiger charge is -2.11. The summed E-state index contributed by atoms with van der Waals surface area (Å²) in [6.45, 7) is 5.49. The third-order valence-electron chi connectivity index (χ3n) is 1.85. The molecule has 0 aliphatic rings. The second-order valence-corrected chi connectivity index (χ2v) is 3.70. The number of carbonyl (C=O) groups excluding carboxylic acids is 1. The van der Waals surface area contributed by atoms with E-state index in [4.69, 9.17) is 11.6 Å². The third-order valence-corrected chi connectivity index (χ3v) is 2.05. The van der Waals surface area contributed by atoms with Gasteiger partial charge in [0.25, 0.3) is 5.91 Å². The average molecular weight is 201 g/mol. The van der Waals surface area contributed by atoms with Gasteiger partial charge >= 0.3 is 0 Å². The monoisotopic (exact) mass is 200 g/mol. The van der Waals surface area contributed by atoms with Gasteiger partial charge in [0.05, 0.1) is 0 Å². The summed E-state index contributed by atoms with van der Waals surface area (Å²) < 4.78 is 1.72. The molecule has 0 radical (unpaired) electrons. The van der Waals surface area contributed by atoms with Crippen LogP contribution in [0.3, 0.4) is 0 Å². The Hall–Kier alpha value is -0.960. The summed E-state index contributed by atoms with van der Waals surface area (Å²) in [6.07, 6.45) is 0. The van der Waals surface area contributed by atoms with E-state index in [1.54, 1.807) is 11.6 Å². The molecule has 1 amide bonds. The minimum absolute atomic E-state index is 0.191. The zero-order valence-electron chi connectivity index (χ0n) is 7.97. The average Bonchev–Trinajstić information content (AvgIpc) is 2.35. The van der Waals surface area contributed by atoms with E-state index < -0.39 is 5.38 Å². The van der Waals surface area contributed by atoms with Gasteiger partial charge in [0.2, 0.25) is 0 Å². The minimum Gasteiger partial charge on any atom is -0.272 e. The molecule has 0 bridgehead atoms. The van der Waals surface area contributed by atoms with Crippen LogP contribution in [-0.2, 0) is 4.79 Å². The SMILES string of the molecule is Cc1ccc(C)n1NC(=O)C(C)Cl. The molecule has 72 valence electrons. The van der Waals surface area contributed by atoms with E-state index in [0.717, 1.165) is 11.4 Å². The second kappa shape index (κ2) is 3.83. The van der Waals surface area contributed by atoms with Gasteiger partial charge in [-0.1, -0.05) is 0 Å². The highest BCUT2D eigenvalue weighted by molar-refractivity contribution is 6.31. The molecule has 1 unspecified atom stereocenters. The second-order valence-electron chi connectivity index (χ2n) is 3.04. The Labute approximate surface area is 82.7 Å². The normalized spacial score (nSPS) is 12.6. The molecule has 13 heavy (non-hydrogen) atoms. The molecular formula is C9H13ClN2O. The molecule has 0 saturated heterocycles. The molecule has 1 N–H and O–H groups in total. The molecule has 0 fully saturated rings. The number of alkyl halides is 1. The van der Waals surface area contributed by atoms with Crippen molar-refractivity contribution in [3.8, 4) is 0 Å². The van der Waals surface area contributed by atoms with Crippen molar-refractivity contribution in [2.24, 2.45) is 0 Å². The maximum absolute atomic E-state index is 11.3. The smallest absolute Gasteiger partial charge is 0.256 e. The first-order chi connectivity index (χ1) is 6.02. The number of rotatable bonds is 2. The molecule has 0 spiro atoms. The molecule has 0 aromatic carbocycles. The fraction of sp³-hybridized carbons (Fsp3) is 0.444. The predicted octanol–water partition coefficient (Wildman–Crippen LogP) is 1.80. The van der Waals surface area contributed by atoms with Crippen molar-refractivity contribution in [1.29, 1.82) is 0 Å². The summed E-state index contributed by atoms with van der Waals surface area (Å²) in [5.74, 6) is -0.191. The highest BCUT2D eigenvalue weighted by atomic mass is 35.5. The van der Waals surface area contributed by atoms with E-state index in [0.29, 0.717) is 0 Å². The zero-order valence-corrected chi connectivity index (χ0v) is 8.72. The summed E-state index contributed by atoms with van der Waals surface area (Å²) in [5, 5.41) is -0.513. The van der Waals surface area contributed by atoms with Gasteiger partial charge in [-0.05, 0) is 32.9 Å². The fourth-order valence-corrected chi connectivity index (χ4v) is 1.09. The fourth-order valence-electron chi connectivity index (χ4n) is 1.04. The molecule has 0 aliphatic carbocycles. The largest absolute Gasteiger partial charge is 0.272 e. The maximum atomic E-state index is 11.3. The van der Waals surface area contributed by atoms with Gasteiger partial charge in [-0.3, -0.25) is 14.9 Å². The van der Waals surface area contributed by atoms with Crippen molar-refractivity contribution >= 4 is 17.5 Å². The Kier molecular flexibility index (Phi) is 2.98. The number of amides is 1. The summed E-state index contributed by atoms with van der Waals surface area (Å²) in [6, 6.07) is 3.88. The van der Waals surface area contributed by atoms with Crippen molar-refractivity contribution in [1.82, 2.24) is 4.68 Å². The van der Waals surface area contributed by atoms with Crippen LogP contribution < -0.4 is 5.43 Å². The highest BCUT2D eigenvalue weighted by Crippen LogP contribution is 2.05. The molecule has 4 heteroatoms. The zero-order chi connectivity index (χ0) is 10.0. The summed E-state index contributed by atoms with van der Waals surface area (Å²) >= 11 is 5.62. The summed E-state index contributed by atoms with van der Waals surface area (Å²) in [4.78, 5) is 11.3. The van der Waals surface area contributed by atoms with Crippen LogP contribution in [0.5, 0.6) is 0 Å². The molecular weight excluding hydrogens is 188 g/mol. The van der Waals surface area contributed by atoms with E-state index in [-0.39, 0.29) is 5.91 Å². The van der Waals surface area contributed by atoms with Crippen LogP contribution in [0.4, 0.5) is 0 Å². The van der Waals surface area contributed by atoms with Gasteiger partial charge in [-0.2, -0.15) is 0 Å². The first-order valence-electron chi connectivity index (χ1n) is 4.12. The van der Waals surface area contributed by atoms with Crippen LogP contribution in [0, 0.1) is 13.8 Å². The number of hydrogen-bond donors (Lipinski definition) is 1. The number of nitrogens with one attached hydrogen (secondary N) is 1. The van der Waals surface area contributed by atoms with Crippen molar-refractivity contribution in [3.63, 3.8) is 0 Å². The van der Waals surface area contributed by atoms with Gasteiger partial charge in [-0.25, -0.2) is 0 Å². The maximum Gasteiger partial charge on any atom is 0.256 e. The van der Waals surface area contributed by atoms with E-state index in [2.05, 4.69) is 5.43 Å². The summed E-state index contributed by atoms with van der Waals surface area (Å²) in [7, 11) is 0. The van der Waals surface area contributed by atoms with Crippen LogP contribution in [0.1, 0.15) is 18.3 Å². The number of carbonyl (C=O) groups is 1. The molecule has 0 aliphatic heterocycles. The van der Waals surface area contributed by atoms with Gasteiger partial charge in [-0.15, -0.1) is 11.6 Å². The van der Waals surface area contributed by atoms with Crippen LogP contribution in [0.15, 0.2) is 12.1 Å². The first-order valence-corrected chi connectivity index (χ1v) is 4.56. The van der Waals surface area contributed by atoms with Crippen molar-refractivity contribution in [3.05, 3.63) is 23.5 Å². The Balaban J connectivity index is 2.79. The highest BCUT2D eigenvalue weighted by Gasteiger charge is 2.10. The van der Waals surface area contributed by atoms with Crippen LogP contribution in [0.2, 0.25) is 0 Å². The lowest BCUT2D eigenvalue weighted by molar-refractivity contribution is -0.116. The van der Waals surface area contributed by atoms with Gasteiger partial charge < -0.3 is 0 Å². The molecule has 1 atom stereocenters. The van der Waals surface area contributed by atoms with E-state index >= 15 is 0 Å². The standard InChI is InChI=1S/C9H13ClN2O/c1-6-4-5-7(2)12(6)11-9(13)8(3)10/h4-5,8H,1-3H3,(H,11,13). The number of hydrogen-bond acceptors (Lipinski definition) is 1. The van der Waals surface area contributed by atoms with E-state index in [1.807, 2.05) is 26.0 Å². The Morgan fingerprint density at radius 1 is 1.46 bits per heavy atom. The lowest BCUT2D eigenvalue weighted by atomic mass is 10.4. The van der Waals surface area contributed by atoms with Crippen LogP contribution >= 0.6 is 11.6 Å². The number of aryl methyl sites for hydroxylation is 2. The van der Waals surface area contributed by atoms with Crippen LogP contribution in [0.25, 0.3) is 0 Å². The number of nitrogens with zero attached hydrogens (tertiary/aromatic N) is 1.